The first-order valence-corrected chi connectivity index (χ1v) is 8.42. The normalized spacial score (nSPS) is 14.4. The predicted molar refractivity (Wildman–Crippen MR) is 88.6 cm³/mol. The molecule has 0 bridgehead atoms. The molecule has 0 spiro atoms. The Kier molecular flexibility index (Phi) is 4.20. The maximum absolute atomic E-state index is 11.3. The van der Waals surface area contributed by atoms with Gasteiger partial charge in [-0.2, -0.15) is 0 Å². The van der Waals surface area contributed by atoms with Gasteiger partial charge in [0, 0.05) is 23.8 Å². The van der Waals surface area contributed by atoms with Gasteiger partial charge < -0.3 is 5.32 Å². The smallest absolute Gasteiger partial charge is 0.221 e. The molecule has 1 fully saturated rings. The topological polar surface area (TPSA) is 59.8 Å². The largest absolute Gasteiger partial charge is 0.326 e. The highest BCUT2D eigenvalue weighted by Gasteiger charge is 2.31. The summed E-state index contributed by atoms with van der Waals surface area (Å²) in [6.45, 7) is 5.81. The summed E-state index contributed by atoms with van der Waals surface area (Å²) >= 11 is 1.71. The van der Waals surface area contributed by atoms with E-state index in [1.165, 1.54) is 19.8 Å². The molecule has 1 heterocycles. The minimum Gasteiger partial charge on any atom is -0.326 e. The number of carbonyl (C=O) groups excluding carboxylic acids is 1. The lowest BCUT2D eigenvalue weighted by Gasteiger charge is -2.12. The van der Waals surface area contributed by atoms with Crippen molar-refractivity contribution in [2.24, 2.45) is 0 Å². The highest BCUT2D eigenvalue weighted by atomic mass is 32.2. The molecule has 0 unspecified atom stereocenters. The minimum atomic E-state index is -0.0694. The van der Waals surface area contributed by atoms with Crippen LogP contribution in [-0.2, 0) is 4.79 Å². The summed E-state index contributed by atoms with van der Waals surface area (Å²) in [5.74, 6) is 1.47. The molecular formula is C16H20N4OS. The average Bonchev–Trinajstić information content (AvgIpc) is 3.20. The average molecular weight is 316 g/mol. The molecule has 1 aliphatic carbocycles. The summed E-state index contributed by atoms with van der Waals surface area (Å²) < 4.78 is 2.13. The lowest BCUT2D eigenvalue weighted by atomic mass is 10.2. The van der Waals surface area contributed by atoms with E-state index in [-0.39, 0.29) is 5.91 Å². The minimum absolute atomic E-state index is 0.0694. The van der Waals surface area contributed by atoms with Crippen LogP contribution in [0.2, 0.25) is 0 Å². The van der Waals surface area contributed by atoms with Crippen molar-refractivity contribution in [1.82, 2.24) is 14.8 Å². The Balaban J connectivity index is 2.02. The molecule has 1 saturated carbocycles. The van der Waals surface area contributed by atoms with E-state index in [1.54, 1.807) is 11.8 Å². The van der Waals surface area contributed by atoms with E-state index in [0.29, 0.717) is 11.2 Å². The molecule has 1 N–H and O–H groups in total. The maximum Gasteiger partial charge on any atom is 0.221 e. The molecule has 3 rings (SSSR count). The van der Waals surface area contributed by atoms with Crippen molar-refractivity contribution in [3.8, 4) is 5.69 Å². The third-order valence-corrected chi connectivity index (χ3v) is 4.31. The Morgan fingerprint density at radius 3 is 2.77 bits per heavy atom. The summed E-state index contributed by atoms with van der Waals surface area (Å²) in [5.41, 5.74) is 1.79. The molecule has 0 radical (unpaired) electrons. The highest BCUT2D eigenvalue weighted by Crippen LogP contribution is 2.41. The molecule has 1 aliphatic rings. The Morgan fingerprint density at radius 2 is 2.14 bits per heavy atom. The molecule has 2 aromatic rings. The number of aromatic nitrogens is 3. The first kappa shape index (κ1) is 15.1. The number of carbonyl (C=O) groups is 1. The van der Waals surface area contributed by atoms with Crippen molar-refractivity contribution in [2.75, 3.05) is 5.32 Å². The van der Waals surface area contributed by atoms with Crippen molar-refractivity contribution in [3.63, 3.8) is 0 Å². The van der Waals surface area contributed by atoms with Gasteiger partial charge in [-0.05, 0) is 31.0 Å². The van der Waals surface area contributed by atoms with E-state index in [0.717, 1.165) is 22.4 Å². The second kappa shape index (κ2) is 6.12. The van der Waals surface area contributed by atoms with Crippen LogP contribution in [0.15, 0.2) is 29.4 Å². The van der Waals surface area contributed by atoms with Crippen molar-refractivity contribution in [2.45, 2.75) is 49.9 Å². The fourth-order valence-corrected chi connectivity index (χ4v) is 3.16. The van der Waals surface area contributed by atoms with Crippen LogP contribution in [0.5, 0.6) is 0 Å². The fourth-order valence-electron chi connectivity index (χ4n) is 2.34. The first-order valence-electron chi connectivity index (χ1n) is 7.54. The second-order valence-electron chi connectivity index (χ2n) is 5.85. The zero-order valence-electron chi connectivity index (χ0n) is 13.0. The number of hydrogen-bond acceptors (Lipinski definition) is 4. The zero-order chi connectivity index (χ0) is 15.7. The van der Waals surface area contributed by atoms with Gasteiger partial charge in [0.05, 0.1) is 5.69 Å². The molecule has 0 atom stereocenters. The molecule has 6 heteroatoms. The molecule has 0 aliphatic heterocycles. The van der Waals surface area contributed by atoms with Gasteiger partial charge in [-0.15, -0.1) is 10.2 Å². The molecule has 1 amide bonds. The van der Waals surface area contributed by atoms with Gasteiger partial charge in [-0.3, -0.25) is 9.36 Å². The second-order valence-corrected chi connectivity index (χ2v) is 7.39. The molecule has 1 aromatic heterocycles. The van der Waals surface area contributed by atoms with Gasteiger partial charge in [0.25, 0.3) is 0 Å². The van der Waals surface area contributed by atoms with E-state index < -0.39 is 0 Å². The number of amides is 1. The van der Waals surface area contributed by atoms with Gasteiger partial charge in [-0.1, -0.05) is 31.7 Å². The fraction of sp³-hybridized carbons (Fsp3) is 0.438. The number of nitrogens with one attached hydrogen (secondary N) is 1. The molecule has 5 nitrogen and oxygen atoms in total. The third-order valence-electron chi connectivity index (χ3n) is 3.37. The highest BCUT2D eigenvalue weighted by molar-refractivity contribution is 7.99. The summed E-state index contributed by atoms with van der Waals surface area (Å²) in [6.07, 6.45) is 2.35. The standard InChI is InChI=1S/C16H20N4OS/c1-10(2)22-16-19-18-15(12-7-8-12)20(16)14-6-4-5-13(9-14)17-11(3)21/h4-6,9-10,12H,7-8H2,1-3H3,(H,17,21). The lowest BCUT2D eigenvalue weighted by molar-refractivity contribution is -0.114. The van der Waals surface area contributed by atoms with Crippen LogP contribution in [-0.4, -0.2) is 25.9 Å². The Hall–Kier alpha value is -1.82. The lowest BCUT2D eigenvalue weighted by Crippen LogP contribution is -2.07. The van der Waals surface area contributed by atoms with Gasteiger partial charge in [-0.25, -0.2) is 0 Å². The van der Waals surface area contributed by atoms with E-state index in [1.807, 2.05) is 24.3 Å². The number of rotatable bonds is 5. The summed E-state index contributed by atoms with van der Waals surface area (Å²) in [4.78, 5) is 11.3. The van der Waals surface area contributed by atoms with Crippen molar-refractivity contribution < 1.29 is 4.79 Å². The number of anilines is 1. The van der Waals surface area contributed by atoms with E-state index in [2.05, 4.69) is 33.9 Å². The quantitative estimate of drug-likeness (QED) is 0.856. The van der Waals surface area contributed by atoms with Gasteiger partial charge >= 0.3 is 0 Å². The van der Waals surface area contributed by atoms with Crippen molar-refractivity contribution in [3.05, 3.63) is 30.1 Å². The van der Waals surface area contributed by atoms with Crippen LogP contribution < -0.4 is 5.32 Å². The van der Waals surface area contributed by atoms with Gasteiger partial charge in [0.1, 0.15) is 5.82 Å². The molecule has 1 aromatic carbocycles. The Bertz CT molecular complexity index is 691. The van der Waals surface area contributed by atoms with Crippen LogP contribution in [0.25, 0.3) is 5.69 Å². The number of thioether (sulfide) groups is 1. The van der Waals surface area contributed by atoms with Crippen LogP contribution in [0.4, 0.5) is 5.69 Å². The summed E-state index contributed by atoms with van der Waals surface area (Å²) in [6, 6.07) is 7.84. The molecule has 0 saturated heterocycles. The van der Waals surface area contributed by atoms with Gasteiger partial charge in [0.15, 0.2) is 5.16 Å². The number of hydrogen-bond donors (Lipinski definition) is 1. The third kappa shape index (κ3) is 3.32. The van der Waals surface area contributed by atoms with Crippen molar-refractivity contribution in [1.29, 1.82) is 0 Å². The van der Waals surface area contributed by atoms with Crippen LogP contribution in [0.1, 0.15) is 45.4 Å². The SMILES string of the molecule is CC(=O)Nc1cccc(-n2c(SC(C)C)nnc2C2CC2)c1. The molecular weight excluding hydrogens is 296 g/mol. The van der Waals surface area contributed by atoms with Crippen LogP contribution in [0.3, 0.4) is 0 Å². The van der Waals surface area contributed by atoms with Gasteiger partial charge in [0.2, 0.25) is 5.91 Å². The van der Waals surface area contributed by atoms with E-state index in [4.69, 9.17) is 0 Å². The Morgan fingerprint density at radius 1 is 1.36 bits per heavy atom. The van der Waals surface area contributed by atoms with Crippen molar-refractivity contribution >= 4 is 23.4 Å². The maximum atomic E-state index is 11.3. The predicted octanol–water partition coefficient (Wildman–Crippen LogP) is 3.60. The summed E-state index contributed by atoms with van der Waals surface area (Å²) in [5, 5.41) is 13.0. The van der Waals surface area contributed by atoms with Crippen LogP contribution in [0, 0.1) is 0 Å². The number of nitrogens with zero attached hydrogens (tertiary/aromatic N) is 3. The summed E-state index contributed by atoms with van der Waals surface area (Å²) in [7, 11) is 0. The Labute approximate surface area is 134 Å². The molecule has 22 heavy (non-hydrogen) atoms. The molecule has 116 valence electrons. The first-order chi connectivity index (χ1) is 10.5. The van der Waals surface area contributed by atoms with Crippen LogP contribution >= 0.6 is 11.8 Å². The number of benzene rings is 1. The van der Waals surface area contributed by atoms with E-state index in [9.17, 15) is 4.79 Å². The van der Waals surface area contributed by atoms with E-state index >= 15 is 0 Å². The zero-order valence-corrected chi connectivity index (χ0v) is 13.9. The monoisotopic (exact) mass is 316 g/mol.